The van der Waals surface area contributed by atoms with Gasteiger partial charge in [0.25, 0.3) is 0 Å². The molecule has 0 aromatic carbocycles. The molecule has 0 aliphatic heterocycles. The number of hydrogen-bond donors (Lipinski definition) is 1. The Bertz CT molecular complexity index is 257. The monoisotopic (exact) mass is 210 g/mol. The van der Waals surface area contributed by atoms with Gasteiger partial charge in [-0.05, 0) is 37.6 Å². The zero-order chi connectivity index (χ0) is 11.3. The van der Waals surface area contributed by atoms with E-state index in [9.17, 15) is 0 Å². The van der Waals surface area contributed by atoms with E-state index in [4.69, 9.17) is 10.2 Å². The summed E-state index contributed by atoms with van der Waals surface area (Å²) in [6, 6.07) is 3.93. The number of nitrogens with two attached hydrogens (primary N) is 1. The molecule has 2 N–H and O–H groups in total. The van der Waals surface area contributed by atoms with Crippen LogP contribution in [0.15, 0.2) is 22.8 Å². The summed E-state index contributed by atoms with van der Waals surface area (Å²) in [6.07, 6.45) is 1.71. The molecule has 1 atom stereocenters. The first-order valence-corrected chi connectivity index (χ1v) is 5.54. The molecule has 1 aromatic heterocycles. The summed E-state index contributed by atoms with van der Waals surface area (Å²) in [5.74, 6) is 2.20. The van der Waals surface area contributed by atoms with E-state index >= 15 is 0 Å². The summed E-state index contributed by atoms with van der Waals surface area (Å²) in [5.41, 5.74) is 5.75. The SMILES string of the molecule is CC(C)C(CN)CN(C)Cc1ccco1. The number of nitrogens with zero attached hydrogens (tertiary/aromatic N) is 1. The van der Waals surface area contributed by atoms with Crippen molar-refractivity contribution in [1.29, 1.82) is 0 Å². The Kier molecular flexibility index (Phi) is 4.85. The van der Waals surface area contributed by atoms with Crippen LogP contribution in [-0.4, -0.2) is 25.0 Å². The molecule has 0 radical (unpaired) electrons. The Balaban J connectivity index is 2.37. The molecule has 0 saturated heterocycles. The van der Waals surface area contributed by atoms with Crippen LogP contribution in [0, 0.1) is 11.8 Å². The molecule has 0 spiro atoms. The van der Waals surface area contributed by atoms with Crippen molar-refractivity contribution in [1.82, 2.24) is 4.90 Å². The number of hydrogen-bond acceptors (Lipinski definition) is 3. The van der Waals surface area contributed by atoms with E-state index in [2.05, 4.69) is 25.8 Å². The van der Waals surface area contributed by atoms with Crippen molar-refractivity contribution >= 4 is 0 Å². The number of rotatable bonds is 6. The van der Waals surface area contributed by atoms with Gasteiger partial charge in [0, 0.05) is 6.54 Å². The second-order valence-electron chi connectivity index (χ2n) is 4.52. The lowest BCUT2D eigenvalue weighted by atomic mass is 9.95. The zero-order valence-corrected chi connectivity index (χ0v) is 9.94. The van der Waals surface area contributed by atoms with Crippen LogP contribution in [-0.2, 0) is 6.54 Å². The van der Waals surface area contributed by atoms with Gasteiger partial charge >= 0.3 is 0 Å². The molecule has 15 heavy (non-hydrogen) atoms. The van der Waals surface area contributed by atoms with Crippen molar-refractivity contribution in [3.63, 3.8) is 0 Å². The van der Waals surface area contributed by atoms with E-state index in [1.165, 1.54) is 0 Å². The van der Waals surface area contributed by atoms with Crippen LogP contribution < -0.4 is 5.73 Å². The quantitative estimate of drug-likeness (QED) is 0.780. The van der Waals surface area contributed by atoms with Crippen LogP contribution in [0.2, 0.25) is 0 Å². The minimum Gasteiger partial charge on any atom is -0.468 e. The Morgan fingerprint density at radius 2 is 2.20 bits per heavy atom. The van der Waals surface area contributed by atoms with Gasteiger partial charge in [-0.15, -0.1) is 0 Å². The molecule has 86 valence electrons. The summed E-state index contributed by atoms with van der Waals surface area (Å²) in [6.45, 7) is 7.07. The summed E-state index contributed by atoms with van der Waals surface area (Å²) >= 11 is 0. The second-order valence-corrected chi connectivity index (χ2v) is 4.52. The first kappa shape index (κ1) is 12.3. The highest BCUT2D eigenvalue weighted by Crippen LogP contribution is 2.12. The average Bonchev–Trinajstić information content (AvgIpc) is 2.66. The minimum atomic E-state index is 0.560. The van der Waals surface area contributed by atoms with Crippen molar-refractivity contribution in [3.05, 3.63) is 24.2 Å². The van der Waals surface area contributed by atoms with Crippen molar-refractivity contribution in [3.8, 4) is 0 Å². The predicted molar refractivity (Wildman–Crippen MR) is 62.4 cm³/mol. The Morgan fingerprint density at radius 3 is 2.67 bits per heavy atom. The van der Waals surface area contributed by atoms with Crippen LogP contribution >= 0.6 is 0 Å². The van der Waals surface area contributed by atoms with Crippen LogP contribution in [0.25, 0.3) is 0 Å². The van der Waals surface area contributed by atoms with Gasteiger partial charge in [-0.1, -0.05) is 13.8 Å². The van der Waals surface area contributed by atoms with E-state index in [0.717, 1.165) is 25.4 Å². The lowest BCUT2D eigenvalue weighted by molar-refractivity contribution is 0.221. The zero-order valence-electron chi connectivity index (χ0n) is 9.94. The molecule has 0 amide bonds. The average molecular weight is 210 g/mol. The highest BCUT2D eigenvalue weighted by molar-refractivity contribution is 4.97. The summed E-state index contributed by atoms with van der Waals surface area (Å²) in [5, 5.41) is 0. The fourth-order valence-electron chi connectivity index (χ4n) is 1.69. The molecule has 0 saturated carbocycles. The Morgan fingerprint density at radius 1 is 1.47 bits per heavy atom. The van der Waals surface area contributed by atoms with Crippen LogP contribution in [0.5, 0.6) is 0 Å². The lowest BCUT2D eigenvalue weighted by Crippen LogP contribution is -2.32. The Hall–Kier alpha value is -0.800. The third kappa shape index (κ3) is 4.06. The number of furan rings is 1. The fraction of sp³-hybridized carbons (Fsp3) is 0.667. The molecule has 3 nitrogen and oxygen atoms in total. The van der Waals surface area contributed by atoms with Crippen molar-refractivity contribution < 1.29 is 4.42 Å². The highest BCUT2D eigenvalue weighted by Gasteiger charge is 2.14. The first-order chi connectivity index (χ1) is 7.13. The van der Waals surface area contributed by atoms with Gasteiger partial charge in [0.1, 0.15) is 5.76 Å². The van der Waals surface area contributed by atoms with Crippen molar-refractivity contribution in [2.24, 2.45) is 17.6 Å². The van der Waals surface area contributed by atoms with Crippen molar-refractivity contribution in [2.45, 2.75) is 20.4 Å². The molecule has 1 unspecified atom stereocenters. The van der Waals surface area contributed by atoms with Crippen molar-refractivity contribution in [2.75, 3.05) is 20.1 Å². The van der Waals surface area contributed by atoms with Gasteiger partial charge in [-0.3, -0.25) is 4.90 Å². The normalized spacial score (nSPS) is 13.7. The third-order valence-corrected chi connectivity index (χ3v) is 2.80. The maximum Gasteiger partial charge on any atom is 0.117 e. The topological polar surface area (TPSA) is 42.4 Å². The predicted octanol–water partition coefficient (Wildman–Crippen LogP) is 1.94. The third-order valence-electron chi connectivity index (χ3n) is 2.80. The molecule has 1 aromatic rings. The standard InChI is InChI=1S/C12H22N2O/c1-10(2)11(7-13)8-14(3)9-12-5-4-6-15-12/h4-6,10-11H,7-9,13H2,1-3H3. The van der Waals surface area contributed by atoms with E-state index in [1.807, 2.05) is 12.1 Å². The molecule has 0 aliphatic carbocycles. The molecule has 1 heterocycles. The fourth-order valence-corrected chi connectivity index (χ4v) is 1.69. The molecule has 0 bridgehead atoms. The van der Waals surface area contributed by atoms with E-state index in [1.54, 1.807) is 6.26 Å². The summed E-state index contributed by atoms with van der Waals surface area (Å²) < 4.78 is 5.31. The van der Waals surface area contributed by atoms with Gasteiger partial charge < -0.3 is 10.2 Å². The Labute approximate surface area is 92.2 Å². The smallest absolute Gasteiger partial charge is 0.117 e. The van der Waals surface area contributed by atoms with Gasteiger partial charge in [0.05, 0.1) is 12.8 Å². The molecule has 3 heteroatoms. The lowest BCUT2D eigenvalue weighted by Gasteiger charge is -2.25. The van der Waals surface area contributed by atoms with Gasteiger partial charge in [-0.2, -0.15) is 0 Å². The van der Waals surface area contributed by atoms with Gasteiger partial charge in [0.2, 0.25) is 0 Å². The molecule has 0 aliphatic rings. The van der Waals surface area contributed by atoms with Crippen LogP contribution in [0.4, 0.5) is 0 Å². The molecular weight excluding hydrogens is 188 g/mol. The highest BCUT2D eigenvalue weighted by atomic mass is 16.3. The van der Waals surface area contributed by atoms with E-state index < -0.39 is 0 Å². The van der Waals surface area contributed by atoms with Crippen LogP contribution in [0.3, 0.4) is 0 Å². The minimum absolute atomic E-state index is 0.560. The van der Waals surface area contributed by atoms with E-state index in [-0.39, 0.29) is 0 Å². The molecule has 1 rings (SSSR count). The van der Waals surface area contributed by atoms with Gasteiger partial charge in [-0.25, -0.2) is 0 Å². The van der Waals surface area contributed by atoms with Gasteiger partial charge in [0.15, 0.2) is 0 Å². The molecular formula is C12H22N2O. The van der Waals surface area contributed by atoms with Crippen LogP contribution in [0.1, 0.15) is 19.6 Å². The second kappa shape index (κ2) is 5.93. The first-order valence-electron chi connectivity index (χ1n) is 5.54. The maximum absolute atomic E-state index is 5.75. The largest absolute Gasteiger partial charge is 0.468 e. The molecule has 0 fully saturated rings. The van der Waals surface area contributed by atoms with E-state index in [0.29, 0.717) is 11.8 Å². The summed E-state index contributed by atoms with van der Waals surface area (Å²) in [4.78, 5) is 2.26. The maximum atomic E-state index is 5.75. The summed E-state index contributed by atoms with van der Waals surface area (Å²) in [7, 11) is 2.10.